The number of allylic oxidation sites excluding steroid dienone is 3. The zero-order valence-corrected chi connectivity index (χ0v) is 13.6. The highest BCUT2D eigenvalue weighted by Crippen LogP contribution is 2.24. The summed E-state index contributed by atoms with van der Waals surface area (Å²) in [5.41, 5.74) is 2.20. The molecule has 0 unspecified atom stereocenters. The molecule has 0 fully saturated rings. The van der Waals surface area contributed by atoms with E-state index < -0.39 is 11.6 Å². The van der Waals surface area contributed by atoms with Gasteiger partial charge in [-0.3, -0.25) is 4.79 Å². The van der Waals surface area contributed by atoms with E-state index in [4.69, 9.17) is 0 Å². The van der Waals surface area contributed by atoms with Crippen LogP contribution in [0.3, 0.4) is 0 Å². The molecule has 0 saturated heterocycles. The monoisotopic (exact) mass is 326 g/mol. The Hall–Kier alpha value is -2.88. The van der Waals surface area contributed by atoms with Gasteiger partial charge in [-0.25, -0.2) is 4.39 Å². The molecule has 0 saturated carbocycles. The summed E-state index contributed by atoms with van der Waals surface area (Å²) in [5.74, 6) is -1.27. The van der Waals surface area contributed by atoms with Crippen molar-refractivity contribution < 1.29 is 19.4 Å². The molecule has 124 valence electrons. The SMILES string of the molecule is CC(C)=CCc1cc(C(=O)/C=C/c2ccc(O)cc2)c(F)cc1O. The third-order valence-corrected chi connectivity index (χ3v) is 3.48. The maximum Gasteiger partial charge on any atom is 0.188 e. The molecule has 3 nitrogen and oxygen atoms in total. The van der Waals surface area contributed by atoms with E-state index in [-0.39, 0.29) is 17.1 Å². The number of carbonyl (C=O) groups is 1. The van der Waals surface area contributed by atoms with Gasteiger partial charge in [-0.15, -0.1) is 0 Å². The van der Waals surface area contributed by atoms with Crippen molar-refractivity contribution in [2.75, 3.05) is 0 Å². The third kappa shape index (κ3) is 4.56. The molecule has 0 radical (unpaired) electrons. The number of hydrogen-bond acceptors (Lipinski definition) is 3. The molecule has 0 aliphatic heterocycles. The van der Waals surface area contributed by atoms with Gasteiger partial charge in [-0.05, 0) is 55.7 Å². The highest BCUT2D eigenvalue weighted by Gasteiger charge is 2.13. The van der Waals surface area contributed by atoms with E-state index in [1.165, 1.54) is 24.3 Å². The van der Waals surface area contributed by atoms with Gasteiger partial charge in [0.05, 0.1) is 5.56 Å². The molecule has 0 aliphatic rings. The van der Waals surface area contributed by atoms with Crippen molar-refractivity contribution in [2.45, 2.75) is 20.3 Å². The number of halogens is 1. The highest BCUT2D eigenvalue weighted by molar-refractivity contribution is 6.07. The maximum absolute atomic E-state index is 14.0. The third-order valence-electron chi connectivity index (χ3n) is 3.48. The molecule has 24 heavy (non-hydrogen) atoms. The summed E-state index contributed by atoms with van der Waals surface area (Å²) >= 11 is 0. The Labute approximate surface area is 140 Å². The molecule has 2 N–H and O–H groups in total. The standard InChI is InChI=1S/C20H19FO3/c1-13(2)3-7-15-11-17(18(21)12-20(15)24)19(23)10-6-14-4-8-16(22)9-5-14/h3-6,8-12,22,24H,7H2,1-2H3/b10-6+. The Balaban J connectivity index is 2.26. The second-order valence-electron chi connectivity index (χ2n) is 5.74. The average molecular weight is 326 g/mol. The number of benzene rings is 2. The smallest absolute Gasteiger partial charge is 0.188 e. The van der Waals surface area contributed by atoms with Crippen LogP contribution in [0.1, 0.15) is 35.3 Å². The zero-order chi connectivity index (χ0) is 17.7. The van der Waals surface area contributed by atoms with Crippen molar-refractivity contribution >= 4 is 11.9 Å². The number of carbonyl (C=O) groups excluding carboxylic acids is 1. The lowest BCUT2D eigenvalue weighted by Crippen LogP contribution is -2.01. The summed E-state index contributed by atoms with van der Waals surface area (Å²) in [6, 6.07) is 8.65. The van der Waals surface area contributed by atoms with Gasteiger partial charge in [-0.2, -0.15) is 0 Å². The minimum Gasteiger partial charge on any atom is -0.508 e. The number of phenols is 2. The number of phenolic OH excluding ortho intramolecular Hbond substituents is 2. The first kappa shape index (κ1) is 17.5. The largest absolute Gasteiger partial charge is 0.508 e. The first-order chi connectivity index (χ1) is 11.4. The molecule has 0 spiro atoms. The van der Waals surface area contributed by atoms with E-state index in [0.717, 1.165) is 11.6 Å². The number of ketones is 1. The lowest BCUT2D eigenvalue weighted by atomic mass is 10.0. The van der Waals surface area contributed by atoms with E-state index in [1.54, 1.807) is 18.2 Å². The Morgan fingerprint density at radius 1 is 1.12 bits per heavy atom. The summed E-state index contributed by atoms with van der Waals surface area (Å²) < 4.78 is 14.0. The van der Waals surface area contributed by atoms with Crippen molar-refractivity contribution in [3.8, 4) is 11.5 Å². The number of hydrogen-bond donors (Lipinski definition) is 2. The molecule has 0 aromatic heterocycles. The van der Waals surface area contributed by atoms with Crippen molar-refractivity contribution in [2.24, 2.45) is 0 Å². The second kappa shape index (κ2) is 7.59. The molecule has 2 aromatic rings. The lowest BCUT2D eigenvalue weighted by molar-refractivity contribution is 0.104. The topological polar surface area (TPSA) is 57.5 Å². The number of aromatic hydroxyl groups is 2. The van der Waals surface area contributed by atoms with Crippen LogP contribution < -0.4 is 0 Å². The predicted molar refractivity (Wildman–Crippen MR) is 92.7 cm³/mol. The molecular formula is C20H19FO3. The van der Waals surface area contributed by atoms with Gasteiger partial charge >= 0.3 is 0 Å². The van der Waals surface area contributed by atoms with Gasteiger partial charge in [0.2, 0.25) is 0 Å². The molecule has 2 aromatic carbocycles. The van der Waals surface area contributed by atoms with Crippen molar-refractivity contribution in [1.29, 1.82) is 0 Å². The number of rotatable bonds is 5. The van der Waals surface area contributed by atoms with Crippen molar-refractivity contribution in [1.82, 2.24) is 0 Å². The zero-order valence-electron chi connectivity index (χ0n) is 13.6. The summed E-state index contributed by atoms with van der Waals surface area (Å²) in [5, 5.41) is 19.0. The minimum atomic E-state index is -0.756. The molecular weight excluding hydrogens is 307 g/mol. The van der Waals surface area contributed by atoms with E-state index in [9.17, 15) is 19.4 Å². The van der Waals surface area contributed by atoms with Crippen LogP contribution in [0.2, 0.25) is 0 Å². The summed E-state index contributed by atoms with van der Waals surface area (Å²) in [7, 11) is 0. The summed E-state index contributed by atoms with van der Waals surface area (Å²) in [6.07, 6.45) is 5.14. The van der Waals surface area contributed by atoms with Gasteiger partial charge < -0.3 is 10.2 Å². The molecule has 0 amide bonds. The normalized spacial score (nSPS) is 10.8. The van der Waals surface area contributed by atoms with Gasteiger partial charge in [-0.1, -0.05) is 29.9 Å². The Morgan fingerprint density at radius 3 is 2.42 bits per heavy atom. The molecule has 0 aliphatic carbocycles. The molecule has 4 heteroatoms. The van der Waals surface area contributed by atoms with Crippen LogP contribution in [0, 0.1) is 5.82 Å². The van der Waals surface area contributed by atoms with Crippen LogP contribution in [-0.4, -0.2) is 16.0 Å². The fourth-order valence-electron chi connectivity index (χ4n) is 2.12. The fraction of sp³-hybridized carbons (Fsp3) is 0.150. The highest BCUT2D eigenvalue weighted by atomic mass is 19.1. The van der Waals surface area contributed by atoms with Gasteiger partial charge in [0, 0.05) is 6.07 Å². The quantitative estimate of drug-likeness (QED) is 0.478. The second-order valence-corrected chi connectivity index (χ2v) is 5.74. The molecule has 0 atom stereocenters. The van der Waals surface area contributed by atoms with Crippen molar-refractivity contribution in [3.05, 3.63) is 76.6 Å². The van der Waals surface area contributed by atoms with E-state index >= 15 is 0 Å². The Kier molecular flexibility index (Phi) is 5.53. The first-order valence-corrected chi connectivity index (χ1v) is 7.53. The fourth-order valence-corrected chi connectivity index (χ4v) is 2.12. The molecule has 0 heterocycles. The van der Waals surface area contributed by atoms with Crippen LogP contribution >= 0.6 is 0 Å². The van der Waals surface area contributed by atoms with Crippen LogP contribution in [-0.2, 0) is 6.42 Å². The molecule has 2 rings (SSSR count). The summed E-state index contributed by atoms with van der Waals surface area (Å²) in [6.45, 7) is 3.85. The van der Waals surface area contributed by atoms with Crippen LogP contribution in [0.25, 0.3) is 6.08 Å². The van der Waals surface area contributed by atoms with E-state index in [0.29, 0.717) is 17.5 Å². The Bertz CT molecular complexity index is 798. The van der Waals surface area contributed by atoms with E-state index in [1.807, 2.05) is 19.9 Å². The van der Waals surface area contributed by atoms with Crippen LogP contribution in [0.15, 0.2) is 54.1 Å². The van der Waals surface area contributed by atoms with Gasteiger partial charge in [0.1, 0.15) is 17.3 Å². The minimum absolute atomic E-state index is 0.0833. The maximum atomic E-state index is 14.0. The summed E-state index contributed by atoms with van der Waals surface area (Å²) in [4.78, 5) is 12.2. The first-order valence-electron chi connectivity index (χ1n) is 7.53. The van der Waals surface area contributed by atoms with Gasteiger partial charge in [0.25, 0.3) is 0 Å². The molecule has 0 bridgehead atoms. The lowest BCUT2D eigenvalue weighted by Gasteiger charge is -2.06. The van der Waals surface area contributed by atoms with Crippen molar-refractivity contribution in [3.63, 3.8) is 0 Å². The Morgan fingerprint density at radius 2 is 1.79 bits per heavy atom. The average Bonchev–Trinajstić information content (AvgIpc) is 2.53. The predicted octanol–water partition coefficient (Wildman–Crippen LogP) is 4.64. The van der Waals surface area contributed by atoms with Crippen LogP contribution in [0.4, 0.5) is 4.39 Å². The van der Waals surface area contributed by atoms with Crippen LogP contribution in [0.5, 0.6) is 11.5 Å². The van der Waals surface area contributed by atoms with Gasteiger partial charge in [0.15, 0.2) is 5.78 Å². The van der Waals surface area contributed by atoms with E-state index in [2.05, 4.69) is 0 Å².